The Balaban J connectivity index is 1.31. The van der Waals surface area contributed by atoms with Gasteiger partial charge < -0.3 is 24.8 Å². The van der Waals surface area contributed by atoms with Gasteiger partial charge in [0.15, 0.2) is 29.6 Å². The smallest absolute Gasteiger partial charge is 0.257 e. The average molecular weight is 633 g/mol. The molecule has 2 saturated heterocycles. The molecule has 2 fully saturated rings. The van der Waals surface area contributed by atoms with Crippen LogP contribution in [0.2, 0.25) is 0 Å². The largest absolute Gasteiger partial charge is 0.392 e. The van der Waals surface area contributed by atoms with Crippen LogP contribution < -0.4 is 5.32 Å². The second-order valence-electron chi connectivity index (χ2n) is 11.8. The maximum atomic E-state index is 14.1. The Morgan fingerprint density at radius 2 is 1.31 bits per heavy atom. The highest BCUT2D eigenvalue weighted by atomic mass is 19.2. The number of rotatable bonds is 8. The molecule has 0 aromatic heterocycles. The Morgan fingerprint density at radius 1 is 0.778 bits per heavy atom. The number of likely N-dealkylation sites (tertiary alicyclic amines) is 1. The van der Waals surface area contributed by atoms with E-state index in [0.29, 0.717) is 11.1 Å². The van der Waals surface area contributed by atoms with Crippen LogP contribution in [0.4, 0.5) is 22.0 Å². The van der Waals surface area contributed by atoms with E-state index in [9.17, 15) is 31.9 Å². The van der Waals surface area contributed by atoms with E-state index in [4.69, 9.17) is 9.47 Å². The summed E-state index contributed by atoms with van der Waals surface area (Å²) in [6.07, 6.45) is 4.88. The second-order valence-corrected chi connectivity index (χ2v) is 11.8. The fraction of sp³-hybridized carbons (Fsp3) is 0.441. The van der Waals surface area contributed by atoms with Crippen molar-refractivity contribution in [1.82, 2.24) is 10.2 Å². The molecule has 0 bridgehead atoms. The van der Waals surface area contributed by atoms with Crippen LogP contribution in [0.1, 0.15) is 84.0 Å². The van der Waals surface area contributed by atoms with E-state index >= 15 is 0 Å². The number of carbonyl (C=O) groups excluding carboxylic acids is 1. The summed E-state index contributed by atoms with van der Waals surface area (Å²) in [5.74, 6) is -12.5. The van der Waals surface area contributed by atoms with Crippen molar-refractivity contribution in [2.45, 2.75) is 70.7 Å². The SMILES string of the molecule is C[C@@H]1[C@H](CN2CCCCCCC2)O[C@H](c2ccc(CNC(=O)c3c(F)c(F)c(F)c(F)c3F)cc2)O[C@@H]1c1ccc(CO)cc1. The molecule has 0 unspecified atom stereocenters. The number of hydrogen-bond acceptors (Lipinski definition) is 5. The van der Waals surface area contributed by atoms with Crippen LogP contribution in [-0.2, 0) is 22.6 Å². The zero-order valence-corrected chi connectivity index (χ0v) is 25.0. The highest BCUT2D eigenvalue weighted by Gasteiger charge is 2.39. The number of aliphatic hydroxyl groups excluding tert-OH is 1. The Labute approximate surface area is 259 Å². The zero-order valence-electron chi connectivity index (χ0n) is 25.0. The molecule has 0 radical (unpaired) electrons. The van der Waals surface area contributed by atoms with Crippen LogP contribution in [0.25, 0.3) is 0 Å². The molecule has 3 aromatic carbocycles. The Morgan fingerprint density at radius 3 is 1.91 bits per heavy atom. The number of benzene rings is 3. The van der Waals surface area contributed by atoms with E-state index in [1.165, 1.54) is 19.3 Å². The van der Waals surface area contributed by atoms with Crippen LogP contribution in [0, 0.1) is 35.0 Å². The van der Waals surface area contributed by atoms with Gasteiger partial charge in [-0.15, -0.1) is 0 Å². The van der Waals surface area contributed by atoms with Crippen molar-refractivity contribution >= 4 is 5.91 Å². The number of nitrogens with one attached hydrogen (secondary N) is 1. The predicted molar refractivity (Wildman–Crippen MR) is 156 cm³/mol. The minimum atomic E-state index is -2.33. The molecule has 5 rings (SSSR count). The maximum absolute atomic E-state index is 14.1. The topological polar surface area (TPSA) is 71.0 Å². The predicted octanol–water partition coefficient (Wildman–Crippen LogP) is 6.86. The Bertz CT molecular complexity index is 1430. The molecule has 3 aromatic rings. The lowest BCUT2D eigenvalue weighted by Gasteiger charge is -2.43. The van der Waals surface area contributed by atoms with Gasteiger partial charge in [0.1, 0.15) is 5.56 Å². The first-order chi connectivity index (χ1) is 21.7. The van der Waals surface area contributed by atoms with Crippen LogP contribution in [0.5, 0.6) is 0 Å². The molecule has 2 heterocycles. The number of hydrogen-bond donors (Lipinski definition) is 2. The van der Waals surface area contributed by atoms with E-state index in [1.54, 1.807) is 24.3 Å². The summed E-state index contributed by atoms with van der Waals surface area (Å²) in [5, 5.41) is 11.7. The van der Waals surface area contributed by atoms with Crippen LogP contribution >= 0.6 is 0 Å². The monoisotopic (exact) mass is 632 g/mol. The molecular formula is C34H37F5N2O4. The molecule has 2 N–H and O–H groups in total. The first-order valence-corrected chi connectivity index (χ1v) is 15.3. The Hall–Kier alpha value is -3.38. The lowest BCUT2D eigenvalue weighted by molar-refractivity contribution is -0.276. The van der Waals surface area contributed by atoms with Crippen LogP contribution in [0.15, 0.2) is 48.5 Å². The van der Waals surface area contributed by atoms with Crippen molar-refractivity contribution in [3.8, 4) is 0 Å². The van der Waals surface area contributed by atoms with E-state index < -0.39 is 46.8 Å². The van der Waals surface area contributed by atoms with Gasteiger partial charge in [-0.2, -0.15) is 0 Å². The first-order valence-electron chi connectivity index (χ1n) is 15.3. The van der Waals surface area contributed by atoms with Gasteiger partial charge >= 0.3 is 0 Å². The van der Waals surface area contributed by atoms with Crippen LogP contribution in [0.3, 0.4) is 0 Å². The number of ether oxygens (including phenoxy) is 2. The Kier molecular flexibility index (Phi) is 10.9. The fourth-order valence-electron chi connectivity index (χ4n) is 5.95. The lowest BCUT2D eigenvalue weighted by atomic mass is 9.89. The number of halogens is 5. The van der Waals surface area contributed by atoms with E-state index in [2.05, 4.69) is 17.1 Å². The summed E-state index contributed by atoms with van der Waals surface area (Å²) < 4.78 is 81.6. The van der Waals surface area contributed by atoms with Gasteiger partial charge in [0.05, 0.1) is 18.8 Å². The normalized spacial score (nSPS) is 22.9. The van der Waals surface area contributed by atoms with Gasteiger partial charge in [0.2, 0.25) is 5.82 Å². The molecule has 2 aliphatic heterocycles. The minimum absolute atomic E-state index is 0.0306. The van der Waals surface area contributed by atoms with Crippen molar-refractivity contribution in [2.75, 3.05) is 19.6 Å². The molecule has 1 amide bonds. The third kappa shape index (κ3) is 7.54. The summed E-state index contributed by atoms with van der Waals surface area (Å²) in [7, 11) is 0. The van der Waals surface area contributed by atoms with Crippen molar-refractivity contribution in [1.29, 1.82) is 0 Å². The number of nitrogens with zero attached hydrogens (tertiary/aromatic N) is 1. The molecule has 11 heteroatoms. The van der Waals surface area contributed by atoms with Gasteiger partial charge in [-0.1, -0.05) is 74.7 Å². The molecule has 0 aliphatic carbocycles. The summed E-state index contributed by atoms with van der Waals surface area (Å²) in [6.45, 7) is 4.62. The molecule has 6 nitrogen and oxygen atoms in total. The highest BCUT2D eigenvalue weighted by molar-refractivity contribution is 5.94. The van der Waals surface area contributed by atoms with Gasteiger partial charge in [0, 0.05) is 24.6 Å². The molecule has 45 heavy (non-hydrogen) atoms. The van der Waals surface area contributed by atoms with Crippen molar-refractivity contribution in [3.63, 3.8) is 0 Å². The zero-order chi connectivity index (χ0) is 32.1. The van der Waals surface area contributed by atoms with E-state index in [0.717, 1.165) is 43.6 Å². The third-order valence-electron chi connectivity index (χ3n) is 8.65. The van der Waals surface area contributed by atoms with E-state index in [1.807, 2.05) is 24.3 Å². The van der Waals surface area contributed by atoms with Crippen molar-refractivity contribution in [3.05, 3.63) is 105 Å². The molecule has 0 spiro atoms. The fourth-order valence-corrected chi connectivity index (χ4v) is 5.95. The molecule has 0 saturated carbocycles. The lowest BCUT2D eigenvalue weighted by Crippen LogP contribution is -2.45. The molecule has 242 valence electrons. The minimum Gasteiger partial charge on any atom is -0.392 e. The summed E-state index contributed by atoms with van der Waals surface area (Å²) in [4.78, 5) is 14.8. The summed E-state index contributed by atoms with van der Waals surface area (Å²) in [6, 6.07) is 14.5. The first kappa shape index (κ1) is 33.0. The number of amides is 1. The molecular weight excluding hydrogens is 595 g/mol. The van der Waals surface area contributed by atoms with Gasteiger partial charge in [-0.25, -0.2) is 22.0 Å². The summed E-state index contributed by atoms with van der Waals surface area (Å²) in [5.41, 5.74) is 1.47. The van der Waals surface area contributed by atoms with Gasteiger partial charge in [-0.3, -0.25) is 4.79 Å². The van der Waals surface area contributed by atoms with E-state index in [-0.39, 0.29) is 31.3 Å². The van der Waals surface area contributed by atoms with Crippen molar-refractivity contribution in [2.24, 2.45) is 5.92 Å². The number of aliphatic hydroxyl groups is 1. The average Bonchev–Trinajstić information content (AvgIpc) is 3.04. The maximum Gasteiger partial charge on any atom is 0.257 e. The van der Waals surface area contributed by atoms with Crippen LogP contribution in [-0.4, -0.2) is 41.7 Å². The van der Waals surface area contributed by atoms with Gasteiger partial charge in [0.25, 0.3) is 5.91 Å². The molecule has 4 atom stereocenters. The standard InChI is InChI=1S/C34H37F5N2O4/c1-20-25(18-41-15-5-3-2-4-6-16-41)44-34(45-32(20)23-11-9-22(19-42)10-12-23)24-13-7-21(8-14-24)17-40-33(43)26-27(35)29(37)31(39)30(38)28(26)36/h7-14,20,25,32,34,42H,2-6,15-19H2,1H3,(H,40,43)/t20-,25+,32+,34+/m1/s1. The summed E-state index contributed by atoms with van der Waals surface area (Å²) >= 11 is 0. The highest BCUT2D eigenvalue weighted by Crippen LogP contribution is 2.42. The quantitative estimate of drug-likeness (QED) is 0.161. The van der Waals surface area contributed by atoms with Gasteiger partial charge in [-0.05, 0) is 42.6 Å². The van der Waals surface area contributed by atoms with Crippen molar-refractivity contribution < 1.29 is 41.3 Å². The third-order valence-corrected chi connectivity index (χ3v) is 8.65. The second kappa shape index (κ2) is 14.8. The molecule has 2 aliphatic rings. The number of carbonyl (C=O) groups is 1.